The van der Waals surface area contributed by atoms with Crippen LogP contribution in [0.25, 0.3) is 11.1 Å². The van der Waals surface area contributed by atoms with E-state index in [1.807, 2.05) is 19.1 Å². The fraction of sp³-hybridized carbons (Fsp3) is 0.200. The van der Waals surface area contributed by atoms with Crippen LogP contribution in [0.2, 0.25) is 0 Å². The Morgan fingerprint density at radius 1 is 1.20 bits per heavy atom. The summed E-state index contributed by atoms with van der Waals surface area (Å²) in [6, 6.07) is 7.17. The fourth-order valence-electron chi connectivity index (χ4n) is 2.07. The van der Waals surface area contributed by atoms with E-state index >= 15 is 0 Å². The van der Waals surface area contributed by atoms with E-state index < -0.39 is 17.3 Å². The molecule has 0 radical (unpaired) electrons. The molecule has 20 heavy (non-hydrogen) atoms. The largest absolute Gasteiger partial charge is 0.503 e. The van der Waals surface area contributed by atoms with Gasteiger partial charge in [-0.3, -0.25) is 4.79 Å². The molecule has 0 unspecified atom stereocenters. The lowest BCUT2D eigenvalue weighted by Gasteiger charge is -2.12. The Morgan fingerprint density at radius 2 is 1.80 bits per heavy atom. The van der Waals surface area contributed by atoms with Crippen LogP contribution in [0.15, 0.2) is 29.1 Å². The summed E-state index contributed by atoms with van der Waals surface area (Å²) in [4.78, 5) is 26.0. The number of aromatic hydroxyl groups is 1. The van der Waals surface area contributed by atoms with Crippen LogP contribution >= 0.6 is 0 Å². The number of ether oxygens (including phenoxy) is 1. The summed E-state index contributed by atoms with van der Waals surface area (Å²) in [6.45, 7) is 3.51. The smallest absolute Gasteiger partial charge is 0.340 e. The van der Waals surface area contributed by atoms with Gasteiger partial charge in [-0.25, -0.2) is 4.79 Å². The Bertz CT molecular complexity index is 714. The highest BCUT2D eigenvalue weighted by Crippen LogP contribution is 2.31. The van der Waals surface area contributed by atoms with Gasteiger partial charge in [0.1, 0.15) is 0 Å². The minimum absolute atomic E-state index is 0.161. The van der Waals surface area contributed by atoms with Gasteiger partial charge in [-0.05, 0) is 19.4 Å². The molecule has 0 atom stereocenters. The standard InChI is InChI=1S/C15H15NO4/c1-8-4-6-10(7-5-8)12-11(15(19)20-3)9(2)16-14(18)13(12)17/h4-7,17H,1-3H3,(H,16,18). The van der Waals surface area contributed by atoms with Gasteiger partial charge < -0.3 is 14.8 Å². The maximum Gasteiger partial charge on any atom is 0.340 e. The van der Waals surface area contributed by atoms with E-state index in [0.29, 0.717) is 11.3 Å². The first-order valence-electron chi connectivity index (χ1n) is 6.07. The zero-order chi connectivity index (χ0) is 14.9. The lowest BCUT2D eigenvalue weighted by molar-refractivity contribution is 0.0599. The van der Waals surface area contributed by atoms with E-state index in [1.54, 1.807) is 19.1 Å². The molecule has 0 aliphatic carbocycles. The summed E-state index contributed by atoms with van der Waals surface area (Å²) in [6.07, 6.45) is 0. The van der Waals surface area contributed by atoms with Gasteiger partial charge >= 0.3 is 5.97 Å². The van der Waals surface area contributed by atoms with Gasteiger partial charge in [-0.1, -0.05) is 29.8 Å². The average Bonchev–Trinajstić information content (AvgIpc) is 2.43. The molecule has 2 aromatic rings. The number of aromatic nitrogens is 1. The Balaban J connectivity index is 2.82. The van der Waals surface area contributed by atoms with Crippen molar-refractivity contribution >= 4 is 5.97 Å². The number of hydrogen-bond acceptors (Lipinski definition) is 4. The summed E-state index contributed by atoms with van der Waals surface area (Å²) < 4.78 is 4.73. The van der Waals surface area contributed by atoms with E-state index in [9.17, 15) is 14.7 Å². The third-order valence-electron chi connectivity index (χ3n) is 3.11. The Hall–Kier alpha value is -2.56. The number of pyridine rings is 1. The van der Waals surface area contributed by atoms with Crippen molar-refractivity contribution in [2.24, 2.45) is 0 Å². The van der Waals surface area contributed by atoms with E-state index in [4.69, 9.17) is 4.74 Å². The minimum Gasteiger partial charge on any atom is -0.503 e. The molecule has 0 saturated carbocycles. The van der Waals surface area contributed by atoms with Gasteiger partial charge in [-0.15, -0.1) is 0 Å². The van der Waals surface area contributed by atoms with Gasteiger partial charge in [0.05, 0.1) is 12.7 Å². The predicted octanol–water partition coefficient (Wildman–Crippen LogP) is 2.15. The van der Waals surface area contributed by atoms with Crippen LogP contribution in [-0.2, 0) is 4.74 Å². The number of nitrogens with one attached hydrogen (secondary N) is 1. The molecule has 2 N–H and O–H groups in total. The molecule has 0 spiro atoms. The zero-order valence-corrected chi connectivity index (χ0v) is 11.5. The number of carbonyl (C=O) groups is 1. The number of rotatable bonds is 2. The summed E-state index contributed by atoms with van der Waals surface area (Å²) in [5.74, 6) is -1.09. The number of methoxy groups -OCH3 is 1. The lowest BCUT2D eigenvalue weighted by atomic mass is 9.97. The number of H-pyrrole nitrogens is 1. The summed E-state index contributed by atoms with van der Waals surface area (Å²) in [5, 5.41) is 10.0. The number of esters is 1. The molecule has 5 heteroatoms. The maximum absolute atomic E-state index is 11.9. The van der Waals surface area contributed by atoms with Crippen molar-refractivity contribution in [3.8, 4) is 16.9 Å². The summed E-state index contributed by atoms with van der Waals surface area (Å²) in [5.41, 5.74) is 1.70. The van der Waals surface area contributed by atoms with Crippen LogP contribution in [0.4, 0.5) is 0 Å². The topological polar surface area (TPSA) is 79.4 Å². The molecule has 1 aromatic heterocycles. The average molecular weight is 273 g/mol. The molecule has 0 bridgehead atoms. The van der Waals surface area contributed by atoms with Crippen LogP contribution in [-0.4, -0.2) is 23.2 Å². The van der Waals surface area contributed by atoms with Crippen molar-refractivity contribution in [2.45, 2.75) is 13.8 Å². The van der Waals surface area contributed by atoms with Crippen LogP contribution in [0.3, 0.4) is 0 Å². The van der Waals surface area contributed by atoms with Crippen LogP contribution < -0.4 is 5.56 Å². The monoisotopic (exact) mass is 273 g/mol. The molecule has 1 aromatic carbocycles. The third-order valence-corrected chi connectivity index (χ3v) is 3.11. The van der Waals surface area contributed by atoms with Gasteiger partial charge in [-0.2, -0.15) is 0 Å². The molecule has 1 heterocycles. The number of carbonyl (C=O) groups excluding carboxylic acids is 1. The van der Waals surface area contributed by atoms with E-state index in [-0.39, 0.29) is 11.1 Å². The predicted molar refractivity (Wildman–Crippen MR) is 75.0 cm³/mol. The van der Waals surface area contributed by atoms with Gasteiger partial charge in [0.2, 0.25) is 0 Å². The Kier molecular flexibility index (Phi) is 3.61. The zero-order valence-electron chi connectivity index (χ0n) is 11.5. The Morgan fingerprint density at radius 3 is 2.35 bits per heavy atom. The second kappa shape index (κ2) is 5.21. The third kappa shape index (κ3) is 2.30. The number of aromatic amines is 1. The first-order valence-corrected chi connectivity index (χ1v) is 6.07. The number of benzene rings is 1. The van der Waals surface area contributed by atoms with Crippen molar-refractivity contribution in [3.63, 3.8) is 0 Å². The first kappa shape index (κ1) is 13.9. The molecule has 0 fully saturated rings. The number of hydrogen-bond donors (Lipinski definition) is 2. The molecule has 5 nitrogen and oxygen atoms in total. The SMILES string of the molecule is COC(=O)c1c(C)[nH]c(=O)c(O)c1-c1ccc(C)cc1. The highest BCUT2D eigenvalue weighted by Gasteiger charge is 2.22. The molecule has 104 valence electrons. The summed E-state index contributed by atoms with van der Waals surface area (Å²) >= 11 is 0. The van der Waals surface area contributed by atoms with E-state index in [0.717, 1.165) is 5.56 Å². The quantitative estimate of drug-likeness (QED) is 0.822. The molecule has 0 aliphatic rings. The lowest BCUT2D eigenvalue weighted by Crippen LogP contribution is -2.16. The van der Waals surface area contributed by atoms with Crippen molar-refractivity contribution < 1.29 is 14.6 Å². The highest BCUT2D eigenvalue weighted by molar-refractivity contribution is 5.99. The van der Waals surface area contributed by atoms with Gasteiger partial charge in [0.15, 0.2) is 5.75 Å². The fourth-order valence-corrected chi connectivity index (χ4v) is 2.07. The normalized spacial score (nSPS) is 10.3. The van der Waals surface area contributed by atoms with Crippen molar-refractivity contribution in [1.29, 1.82) is 0 Å². The van der Waals surface area contributed by atoms with Crippen LogP contribution in [0.5, 0.6) is 5.75 Å². The molecule has 0 saturated heterocycles. The molecule has 0 amide bonds. The summed E-state index contributed by atoms with van der Waals surface area (Å²) in [7, 11) is 1.25. The van der Waals surface area contributed by atoms with Crippen LogP contribution in [0, 0.1) is 13.8 Å². The minimum atomic E-state index is -0.634. The number of aryl methyl sites for hydroxylation is 2. The molecular formula is C15H15NO4. The maximum atomic E-state index is 11.9. The Labute approximate surface area is 115 Å². The molecule has 0 aliphatic heterocycles. The van der Waals surface area contributed by atoms with Crippen LogP contribution in [0.1, 0.15) is 21.6 Å². The first-order chi connectivity index (χ1) is 9.45. The van der Waals surface area contributed by atoms with Crippen molar-refractivity contribution in [2.75, 3.05) is 7.11 Å². The van der Waals surface area contributed by atoms with Gasteiger partial charge in [0.25, 0.3) is 5.56 Å². The highest BCUT2D eigenvalue weighted by atomic mass is 16.5. The molecular weight excluding hydrogens is 258 g/mol. The van der Waals surface area contributed by atoms with Crippen molar-refractivity contribution in [3.05, 3.63) is 51.4 Å². The second-order valence-electron chi connectivity index (χ2n) is 4.54. The van der Waals surface area contributed by atoms with E-state index in [1.165, 1.54) is 7.11 Å². The van der Waals surface area contributed by atoms with Gasteiger partial charge in [0, 0.05) is 11.3 Å². The van der Waals surface area contributed by atoms with Crippen molar-refractivity contribution in [1.82, 2.24) is 4.98 Å². The second-order valence-corrected chi connectivity index (χ2v) is 4.54. The van der Waals surface area contributed by atoms with E-state index in [2.05, 4.69) is 4.98 Å². The molecule has 2 rings (SSSR count).